The molecule has 0 atom stereocenters. The Morgan fingerprint density at radius 3 is 3.07 bits per heavy atom. The summed E-state index contributed by atoms with van der Waals surface area (Å²) in [5.41, 5.74) is 6.62. The first-order chi connectivity index (χ1) is 7.29. The highest BCUT2D eigenvalue weighted by Gasteiger charge is 2.02. The van der Waals surface area contributed by atoms with Gasteiger partial charge in [0.15, 0.2) is 11.1 Å². The van der Waals surface area contributed by atoms with Gasteiger partial charge in [0.2, 0.25) is 0 Å². The van der Waals surface area contributed by atoms with Crippen LogP contribution < -0.4 is 11.1 Å². The Morgan fingerprint density at radius 2 is 2.33 bits per heavy atom. The molecule has 0 radical (unpaired) electrons. The fourth-order valence-electron chi connectivity index (χ4n) is 1.25. The van der Waals surface area contributed by atoms with Gasteiger partial charge in [-0.15, -0.1) is 0 Å². The number of fused-ring (bicyclic) bond motifs is 1. The van der Waals surface area contributed by atoms with Crippen LogP contribution in [-0.4, -0.2) is 17.5 Å². The van der Waals surface area contributed by atoms with Gasteiger partial charge in [0.05, 0.1) is 10.2 Å². The minimum atomic E-state index is 0.413. The van der Waals surface area contributed by atoms with E-state index in [1.165, 1.54) is 0 Å². The number of aliphatic imine (C=N–C) groups is 1. The van der Waals surface area contributed by atoms with E-state index in [4.69, 9.17) is 5.73 Å². The highest BCUT2D eigenvalue weighted by molar-refractivity contribution is 7.22. The van der Waals surface area contributed by atoms with Crippen LogP contribution in [0.4, 0.5) is 5.13 Å². The van der Waals surface area contributed by atoms with E-state index in [0.717, 1.165) is 15.3 Å². The van der Waals surface area contributed by atoms with Crippen LogP contribution in [0.3, 0.4) is 0 Å². The van der Waals surface area contributed by atoms with E-state index in [1.807, 2.05) is 31.2 Å². The number of thiazole rings is 1. The lowest BCUT2D eigenvalue weighted by Crippen LogP contribution is -2.22. The summed E-state index contributed by atoms with van der Waals surface area (Å²) in [4.78, 5) is 8.42. The highest BCUT2D eigenvalue weighted by atomic mass is 32.1. The molecule has 2 rings (SSSR count). The lowest BCUT2D eigenvalue weighted by Gasteiger charge is -1.98. The zero-order valence-electron chi connectivity index (χ0n) is 8.40. The predicted molar refractivity (Wildman–Crippen MR) is 65.4 cm³/mol. The number of anilines is 1. The molecule has 4 nitrogen and oxygen atoms in total. The number of guanidine groups is 1. The van der Waals surface area contributed by atoms with Crippen LogP contribution in [0.2, 0.25) is 0 Å². The Morgan fingerprint density at radius 1 is 1.53 bits per heavy atom. The third-order valence-corrected chi connectivity index (χ3v) is 2.81. The molecule has 0 aliphatic carbocycles. The van der Waals surface area contributed by atoms with E-state index in [9.17, 15) is 0 Å². The molecule has 0 saturated heterocycles. The van der Waals surface area contributed by atoms with Crippen molar-refractivity contribution in [2.45, 2.75) is 6.92 Å². The van der Waals surface area contributed by atoms with Gasteiger partial charge >= 0.3 is 0 Å². The summed E-state index contributed by atoms with van der Waals surface area (Å²) >= 11 is 1.57. The van der Waals surface area contributed by atoms with Crippen molar-refractivity contribution in [3.63, 3.8) is 0 Å². The Balaban J connectivity index is 2.26. The Labute approximate surface area is 91.9 Å². The molecule has 0 aliphatic heterocycles. The number of benzene rings is 1. The first-order valence-electron chi connectivity index (χ1n) is 4.72. The molecule has 0 fully saturated rings. The molecule has 0 saturated carbocycles. The summed E-state index contributed by atoms with van der Waals surface area (Å²) in [6.07, 6.45) is 0. The van der Waals surface area contributed by atoms with Crippen molar-refractivity contribution in [1.29, 1.82) is 0 Å². The molecule has 1 aromatic carbocycles. The molecule has 15 heavy (non-hydrogen) atoms. The van der Waals surface area contributed by atoms with Gasteiger partial charge in [-0.05, 0) is 19.1 Å². The van der Waals surface area contributed by atoms with Gasteiger partial charge in [-0.1, -0.05) is 23.5 Å². The second-order valence-corrected chi connectivity index (χ2v) is 4.00. The van der Waals surface area contributed by atoms with Crippen LogP contribution in [0.15, 0.2) is 29.3 Å². The summed E-state index contributed by atoms with van der Waals surface area (Å²) < 4.78 is 1.14. The molecule has 1 aromatic heterocycles. The van der Waals surface area contributed by atoms with Gasteiger partial charge in [-0.25, -0.2) is 4.98 Å². The molecular weight excluding hydrogens is 208 g/mol. The number of nitrogens with zero attached hydrogens (tertiary/aromatic N) is 2. The predicted octanol–water partition coefficient (Wildman–Crippen LogP) is 2.04. The fraction of sp³-hybridized carbons (Fsp3) is 0.200. The van der Waals surface area contributed by atoms with Crippen molar-refractivity contribution in [2.24, 2.45) is 10.7 Å². The summed E-state index contributed by atoms with van der Waals surface area (Å²) in [5.74, 6) is 0.413. The topological polar surface area (TPSA) is 63.3 Å². The van der Waals surface area contributed by atoms with Crippen LogP contribution in [0.1, 0.15) is 6.92 Å². The van der Waals surface area contributed by atoms with Gasteiger partial charge in [0.25, 0.3) is 0 Å². The van der Waals surface area contributed by atoms with Crippen LogP contribution in [0.25, 0.3) is 10.2 Å². The van der Waals surface area contributed by atoms with E-state index in [1.54, 1.807) is 11.3 Å². The maximum atomic E-state index is 5.64. The summed E-state index contributed by atoms with van der Waals surface area (Å²) in [7, 11) is 0. The fourth-order valence-corrected chi connectivity index (χ4v) is 2.12. The SMILES string of the molecule is CCN=C(N)Nc1nc2ccccc2s1. The molecule has 0 amide bonds. The molecule has 0 unspecified atom stereocenters. The maximum Gasteiger partial charge on any atom is 0.194 e. The average molecular weight is 220 g/mol. The van der Waals surface area contributed by atoms with Crippen LogP contribution in [-0.2, 0) is 0 Å². The van der Waals surface area contributed by atoms with E-state index in [2.05, 4.69) is 15.3 Å². The van der Waals surface area contributed by atoms with Crippen LogP contribution in [0, 0.1) is 0 Å². The largest absolute Gasteiger partial charge is 0.370 e. The monoisotopic (exact) mass is 220 g/mol. The maximum absolute atomic E-state index is 5.64. The molecule has 2 aromatic rings. The molecule has 0 bridgehead atoms. The Hall–Kier alpha value is -1.62. The quantitative estimate of drug-likeness (QED) is 0.601. The van der Waals surface area contributed by atoms with E-state index in [-0.39, 0.29) is 0 Å². The zero-order chi connectivity index (χ0) is 10.7. The zero-order valence-corrected chi connectivity index (χ0v) is 9.21. The molecule has 0 aliphatic rings. The molecule has 3 N–H and O–H groups in total. The normalized spacial score (nSPS) is 11.9. The molecule has 5 heteroatoms. The first kappa shape index (κ1) is 9.92. The second-order valence-electron chi connectivity index (χ2n) is 2.97. The number of nitrogens with two attached hydrogens (primary N) is 1. The second kappa shape index (κ2) is 4.27. The van der Waals surface area contributed by atoms with Crippen molar-refractivity contribution in [2.75, 3.05) is 11.9 Å². The summed E-state index contributed by atoms with van der Waals surface area (Å²) in [6.45, 7) is 2.61. The third-order valence-electron chi connectivity index (χ3n) is 1.86. The number of hydrogen-bond acceptors (Lipinski definition) is 3. The van der Waals surface area contributed by atoms with E-state index in [0.29, 0.717) is 12.5 Å². The molecular formula is C10H12N4S. The lowest BCUT2D eigenvalue weighted by molar-refractivity contribution is 1.12. The van der Waals surface area contributed by atoms with Crippen LogP contribution in [0.5, 0.6) is 0 Å². The Kier molecular flexibility index (Phi) is 2.82. The van der Waals surface area contributed by atoms with E-state index < -0.39 is 0 Å². The van der Waals surface area contributed by atoms with Crippen molar-refractivity contribution in [3.05, 3.63) is 24.3 Å². The highest BCUT2D eigenvalue weighted by Crippen LogP contribution is 2.24. The van der Waals surface area contributed by atoms with Gasteiger partial charge < -0.3 is 11.1 Å². The molecule has 1 heterocycles. The standard InChI is InChI=1S/C10H12N4S/c1-2-12-9(11)14-10-13-7-5-3-4-6-8(7)15-10/h3-6H,2H2,1H3,(H3,11,12,13,14). The van der Waals surface area contributed by atoms with Crippen molar-refractivity contribution in [3.8, 4) is 0 Å². The Bertz CT molecular complexity index is 456. The van der Waals surface area contributed by atoms with Gasteiger partial charge in [0.1, 0.15) is 0 Å². The molecule has 78 valence electrons. The summed E-state index contributed by atoms with van der Waals surface area (Å²) in [6, 6.07) is 7.97. The van der Waals surface area contributed by atoms with Crippen molar-refractivity contribution >= 4 is 32.6 Å². The van der Waals surface area contributed by atoms with Crippen LogP contribution >= 0.6 is 11.3 Å². The van der Waals surface area contributed by atoms with Gasteiger partial charge in [-0.3, -0.25) is 4.99 Å². The van der Waals surface area contributed by atoms with Gasteiger partial charge in [0, 0.05) is 6.54 Å². The van der Waals surface area contributed by atoms with Crippen molar-refractivity contribution in [1.82, 2.24) is 4.98 Å². The minimum Gasteiger partial charge on any atom is -0.370 e. The third kappa shape index (κ3) is 2.24. The molecule has 0 spiro atoms. The first-order valence-corrected chi connectivity index (χ1v) is 5.53. The lowest BCUT2D eigenvalue weighted by atomic mass is 10.3. The number of hydrogen-bond donors (Lipinski definition) is 2. The summed E-state index contributed by atoms with van der Waals surface area (Å²) in [5, 5.41) is 3.75. The average Bonchev–Trinajstić information content (AvgIpc) is 2.59. The number of rotatable bonds is 2. The number of para-hydroxylation sites is 1. The smallest absolute Gasteiger partial charge is 0.194 e. The van der Waals surface area contributed by atoms with Gasteiger partial charge in [-0.2, -0.15) is 0 Å². The number of nitrogens with one attached hydrogen (secondary N) is 1. The van der Waals surface area contributed by atoms with E-state index >= 15 is 0 Å². The minimum absolute atomic E-state index is 0.413. The van der Waals surface area contributed by atoms with Crippen molar-refractivity contribution < 1.29 is 0 Å². The number of aromatic nitrogens is 1.